The predicted octanol–water partition coefficient (Wildman–Crippen LogP) is 7.84. The van der Waals surface area contributed by atoms with Gasteiger partial charge in [0.1, 0.15) is 6.33 Å². The van der Waals surface area contributed by atoms with Gasteiger partial charge in [0.05, 0.1) is 4.92 Å². The summed E-state index contributed by atoms with van der Waals surface area (Å²) in [5.74, 6) is 0.742. The van der Waals surface area contributed by atoms with Gasteiger partial charge in [-0.1, -0.05) is 115 Å². The van der Waals surface area contributed by atoms with Gasteiger partial charge in [-0.15, -0.1) is 0 Å². The van der Waals surface area contributed by atoms with Crippen molar-refractivity contribution in [2.75, 3.05) is 23.3 Å². The van der Waals surface area contributed by atoms with Crippen LogP contribution in [-0.2, 0) is 13.0 Å². The number of nitrogens with one attached hydrogen (secondary N) is 1. The monoisotopic (exact) mass is 495 g/mol. The summed E-state index contributed by atoms with van der Waals surface area (Å²) >= 11 is 0. The lowest BCUT2D eigenvalue weighted by atomic mass is 10.00. The normalized spacial score (nSPS) is 13.0. The average molecular weight is 496 g/mol. The third kappa shape index (κ3) is 9.07. The van der Waals surface area contributed by atoms with Crippen LogP contribution in [0.5, 0.6) is 0 Å². The standard InChI is InChI=1S/C29H45N5O2/c1-2-3-4-5-6-7-8-9-10-11-12-13-14-17-21-30-28-27(34(35)36)29(32-24-31-28)33-22-20-25-18-15-16-19-26(25)23-33/h15-16,18-19,24H,2-14,17,20-23H2,1H3,(H,30,31,32). The van der Waals surface area contributed by atoms with Crippen LogP contribution in [0.1, 0.15) is 108 Å². The number of aromatic nitrogens is 2. The third-order valence-corrected chi connectivity index (χ3v) is 7.24. The molecule has 1 aromatic heterocycles. The molecule has 0 atom stereocenters. The Kier molecular flexibility index (Phi) is 12.5. The van der Waals surface area contributed by atoms with Gasteiger partial charge >= 0.3 is 5.69 Å². The van der Waals surface area contributed by atoms with Crippen molar-refractivity contribution >= 4 is 17.3 Å². The first-order chi connectivity index (χ1) is 17.7. The maximum atomic E-state index is 12.0. The van der Waals surface area contributed by atoms with E-state index in [1.165, 1.54) is 94.5 Å². The van der Waals surface area contributed by atoms with E-state index in [1.54, 1.807) is 0 Å². The fourth-order valence-corrected chi connectivity index (χ4v) is 5.10. The number of hydrogen-bond donors (Lipinski definition) is 1. The van der Waals surface area contributed by atoms with Crippen molar-refractivity contribution in [3.63, 3.8) is 0 Å². The van der Waals surface area contributed by atoms with Gasteiger partial charge in [0, 0.05) is 19.6 Å². The van der Waals surface area contributed by atoms with Gasteiger partial charge in [-0.2, -0.15) is 0 Å². The van der Waals surface area contributed by atoms with Gasteiger partial charge in [-0.05, 0) is 24.0 Å². The van der Waals surface area contributed by atoms with Crippen LogP contribution in [0.4, 0.5) is 17.3 Å². The molecule has 36 heavy (non-hydrogen) atoms. The molecule has 0 bridgehead atoms. The summed E-state index contributed by atoms with van der Waals surface area (Å²) in [5, 5.41) is 15.2. The van der Waals surface area contributed by atoms with E-state index < -0.39 is 0 Å². The molecule has 2 aromatic rings. The maximum absolute atomic E-state index is 12.0. The van der Waals surface area contributed by atoms with Gasteiger partial charge in [0.2, 0.25) is 11.6 Å². The molecule has 7 nitrogen and oxygen atoms in total. The maximum Gasteiger partial charge on any atom is 0.353 e. The molecule has 2 heterocycles. The summed E-state index contributed by atoms with van der Waals surface area (Å²) in [4.78, 5) is 22.1. The second kappa shape index (κ2) is 16.1. The van der Waals surface area contributed by atoms with Gasteiger partial charge in [0.15, 0.2) is 0 Å². The largest absolute Gasteiger partial charge is 0.364 e. The van der Waals surface area contributed by atoms with Crippen molar-refractivity contribution < 1.29 is 4.92 Å². The summed E-state index contributed by atoms with van der Waals surface area (Å²) < 4.78 is 0. The summed E-state index contributed by atoms with van der Waals surface area (Å²) in [6.07, 6.45) is 20.7. The minimum atomic E-state index is -0.344. The highest BCUT2D eigenvalue weighted by atomic mass is 16.6. The number of rotatable bonds is 18. The molecular formula is C29H45N5O2. The predicted molar refractivity (Wildman–Crippen MR) is 149 cm³/mol. The molecule has 1 aliphatic heterocycles. The van der Waals surface area contributed by atoms with Crippen LogP contribution >= 0.6 is 0 Å². The summed E-state index contributed by atoms with van der Waals surface area (Å²) in [6, 6.07) is 8.27. The third-order valence-electron chi connectivity index (χ3n) is 7.24. The zero-order valence-corrected chi connectivity index (χ0v) is 22.2. The highest BCUT2D eigenvalue weighted by molar-refractivity contribution is 5.70. The molecule has 198 valence electrons. The van der Waals surface area contributed by atoms with E-state index in [0.717, 1.165) is 19.3 Å². The first kappa shape index (κ1) is 27.9. The molecule has 1 N–H and O–H groups in total. The number of nitrogens with zero attached hydrogens (tertiary/aromatic N) is 4. The molecule has 0 saturated carbocycles. The Morgan fingerprint density at radius 2 is 1.44 bits per heavy atom. The van der Waals surface area contributed by atoms with Crippen molar-refractivity contribution in [1.82, 2.24) is 9.97 Å². The molecule has 0 amide bonds. The molecule has 0 radical (unpaired) electrons. The van der Waals surface area contributed by atoms with Crippen LogP contribution in [0.15, 0.2) is 30.6 Å². The first-order valence-corrected chi connectivity index (χ1v) is 14.3. The zero-order valence-electron chi connectivity index (χ0n) is 22.2. The van der Waals surface area contributed by atoms with Crippen LogP contribution < -0.4 is 10.2 Å². The van der Waals surface area contributed by atoms with Gasteiger partial charge in [-0.25, -0.2) is 9.97 Å². The summed E-state index contributed by atoms with van der Waals surface area (Å²) in [7, 11) is 0. The van der Waals surface area contributed by atoms with Gasteiger partial charge in [-0.3, -0.25) is 10.1 Å². The lowest BCUT2D eigenvalue weighted by molar-refractivity contribution is -0.383. The molecular weight excluding hydrogens is 450 g/mol. The number of fused-ring (bicyclic) bond motifs is 1. The molecule has 0 fully saturated rings. The van der Waals surface area contributed by atoms with E-state index in [2.05, 4.69) is 34.3 Å². The van der Waals surface area contributed by atoms with E-state index in [4.69, 9.17) is 0 Å². The molecule has 0 aliphatic carbocycles. The van der Waals surface area contributed by atoms with E-state index in [0.29, 0.717) is 31.3 Å². The van der Waals surface area contributed by atoms with E-state index in [1.807, 2.05) is 17.0 Å². The number of nitro groups is 1. The highest BCUT2D eigenvalue weighted by Crippen LogP contribution is 2.34. The number of benzene rings is 1. The quantitative estimate of drug-likeness (QED) is 0.129. The Hall–Kier alpha value is -2.70. The Balaban J connectivity index is 1.33. The van der Waals surface area contributed by atoms with Gasteiger partial charge < -0.3 is 10.2 Å². The fraction of sp³-hybridized carbons (Fsp3) is 0.655. The molecule has 0 saturated heterocycles. The Bertz CT molecular complexity index is 920. The average Bonchev–Trinajstić information content (AvgIpc) is 2.90. The van der Waals surface area contributed by atoms with Crippen LogP contribution in [0.2, 0.25) is 0 Å². The van der Waals surface area contributed by atoms with Crippen molar-refractivity contribution in [2.24, 2.45) is 0 Å². The second-order valence-corrected chi connectivity index (χ2v) is 10.1. The highest BCUT2D eigenvalue weighted by Gasteiger charge is 2.28. The SMILES string of the molecule is CCCCCCCCCCCCCCCCNc1ncnc(N2CCc3ccccc3C2)c1[N+](=O)[O-]. The number of anilines is 2. The summed E-state index contributed by atoms with van der Waals surface area (Å²) in [6.45, 7) is 4.31. The lowest BCUT2D eigenvalue weighted by Gasteiger charge is -2.29. The van der Waals surface area contributed by atoms with Crippen LogP contribution in [0.25, 0.3) is 0 Å². The van der Waals surface area contributed by atoms with Crippen molar-refractivity contribution in [2.45, 2.75) is 110 Å². The summed E-state index contributed by atoms with van der Waals surface area (Å²) in [5.41, 5.74) is 2.50. The smallest absolute Gasteiger partial charge is 0.353 e. The van der Waals surface area contributed by atoms with Crippen molar-refractivity contribution in [3.8, 4) is 0 Å². The van der Waals surface area contributed by atoms with Crippen LogP contribution in [-0.4, -0.2) is 28.0 Å². The van der Waals surface area contributed by atoms with E-state index >= 15 is 0 Å². The Morgan fingerprint density at radius 3 is 2.06 bits per heavy atom. The minimum Gasteiger partial charge on any atom is -0.364 e. The van der Waals surface area contributed by atoms with Crippen molar-refractivity contribution in [1.29, 1.82) is 0 Å². The number of unbranched alkanes of at least 4 members (excludes halogenated alkanes) is 13. The molecule has 1 aliphatic rings. The van der Waals surface area contributed by atoms with Crippen LogP contribution in [0, 0.1) is 10.1 Å². The number of hydrogen-bond acceptors (Lipinski definition) is 6. The van der Waals surface area contributed by atoms with Gasteiger partial charge in [0.25, 0.3) is 0 Å². The topological polar surface area (TPSA) is 84.2 Å². The zero-order chi connectivity index (χ0) is 25.4. The minimum absolute atomic E-state index is 0.0118. The van der Waals surface area contributed by atoms with E-state index in [-0.39, 0.29) is 10.6 Å². The van der Waals surface area contributed by atoms with Crippen LogP contribution in [0.3, 0.4) is 0 Å². The molecule has 1 aromatic carbocycles. The fourth-order valence-electron chi connectivity index (χ4n) is 5.10. The first-order valence-electron chi connectivity index (χ1n) is 14.3. The Morgan fingerprint density at radius 1 is 0.861 bits per heavy atom. The molecule has 0 unspecified atom stereocenters. The van der Waals surface area contributed by atoms with E-state index in [9.17, 15) is 10.1 Å². The lowest BCUT2D eigenvalue weighted by Crippen LogP contribution is -2.31. The molecule has 0 spiro atoms. The molecule has 3 rings (SSSR count). The Labute approximate surface area is 217 Å². The molecule has 7 heteroatoms. The second-order valence-electron chi connectivity index (χ2n) is 10.1. The van der Waals surface area contributed by atoms with Crippen molar-refractivity contribution in [3.05, 3.63) is 51.8 Å².